The second-order valence-corrected chi connectivity index (χ2v) is 8.53. The van der Waals surface area contributed by atoms with Crippen LogP contribution >= 0.6 is 27.3 Å². The molecule has 0 aliphatic heterocycles. The Kier molecular flexibility index (Phi) is 4.90. The topological polar surface area (TPSA) is 69.3 Å². The minimum absolute atomic E-state index is 0.178. The van der Waals surface area contributed by atoms with Gasteiger partial charge >= 0.3 is 0 Å². The number of carbonyl (C=O) groups excluding carboxylic acids is 1. The number of thiazole rings is 1. The summed E-state index contributed by atoms with van der Waals surface area (Å²) in [7, 11) is 1.65. The highest BCUT2D eigenvalue weighted by atomic mass is 79.9. The summed E-state index contributed by atoms with van der Waals surface area (Å²) in [6.45, 7) is 3.34. The largest absolute Gasteiger partial charge is 0.448 e. The molecule has 1 aliphatic carbocycles. The number of hydrogen-bond acceptors (Lipinski definition) is 5. The van der Waals surface area contributed by atoms with Crippen LogP contribution in [0.2, 0.25) is 0 Å². The number of ether oxygens (including phenoxy) is 1. The summed E-state index contributed by atoms with van der Waals surface area (Å²) in [5, 5.41) is 3.64. The van der Waals surface area contributed by atoms with E-state index in [1.807, 2.05) is 10.6 Å². The Morgan fingerprint density at radius 3 is 3.19 bits per heavy atom. The van der Waals surface area contributed by atoms with Crippen LogP contribution in [0, 0.1) is 5.92 Å². The van der Waals surface area contributed by atoms with Crippen molar-refractivity contribution in [2.24, 2.45) is 5.92 Å². The van der Waals surface area contributed by atoms with Crippen molar-refractivity contribution in [3.8, 4) is 0 Å². The van der Waals surface area contributed by atoms with Crippen molar-refractivity contribution in [1.82, 2.24) is 9.55 Å². The van der Waals surface area contributed by atoms with Crippen LogP contribution in [0.5, 0.6) is 0 Å². The molecule has 0 fully saturated rings. The molecule has 1 unspecified atom stereocenters. The molecule has 1 amide bonds. The number of carbonyl (C=O) groups is 1. The van der Waals surface area contributed by atoms with Gasteiger partial charge in [-0.2, -0.15) is 0 Å². The Morgan fingerprint density at radius 2 is 2.38 bits per heavy atom. The molecule has 26 heavy (non-hydrogen) atoms. The highest BCUT2D eigenvalue weighted by molar-refractivity contribution is 9.10. The molecule has 1 atom stereocenters. The number of anilines is 1. The fourth-order valence-corrected chi connectivity index (χ4v) is 4.94. The molecule has 138 valence electrons. The van der Waals surface area contributed by atoms with Crippen LogP contribution in [-0.2, 0) is 24.1 Å². The van der Waals surface area contributed by atoms with Crippen molar-refractivity contribution in [2.75, 3.05) is 19.0 Å². The molecule has 0 aromatic carbocycles. The predicted molar refractivity (Wildman–Crippen MR) is 105 cm³/mol. The average Bonchev–Trinajstić information content (AvgIpc) is 3.24. The van der Waals surface area contributed by atoms with Crippen molar-refractivity contribution in [3.05, 3.63) is 33.1 Å². The van der Waals surface area contributed by atoms with Gasteiger partial charge in [-0.1, -0.05) is 6.92 Å². The highest BCUT2D eigenvalue weighted by Gasteiger charge is 2.23. The van der Waals surface area contributed by atoms with Gasteiger partial charge in [-0.25, -0.2) is 4.98 Å². The maximum Gasteiger partial charge on any atom is 0.274 e. The van der Waals surface area contributed by atoms with Crippen molar-refractivity contribution >= 4 is 49.4 Å². The van der Waals surface area contributed by atoms with E-state index in [4.69, 9.17) is 9.15 Å². The first-order valence-corrected chi connectivity index (χ1v) is 10.2. The lowest BCUT2D eigenvalue weighted by molar-refractivity contribution is 0.101. The Hall–Kier alpha value is -1.64. The Bertz CT molecular complexity index is 959. The molecule has 3 aromatic heterocycles. The van der Waals surface area contributed by atoms with Crippen molar-refractivity contribution < 1.29 is 13.9 Å². The van der Waals surface area contributed by atoms with Crippen LogP contribution in [-0.4, -0.2) is 29.2 Å². The number of rotatable bonds is 5. The molecule has 0 radical (unpaired) electrons. The van der Waals surface area contributed by atoms with E-state index in [-0.39, 0.29) is 5.91 Å². The standard InChI is InChI=1S/C18H20BrN3O3S/c1-10-3-4-11-15(7-10)26-18(20-11)21-17(23)13-8-14-12(9-16(19)25-14)22(13)5-6-24-2/h8-10H,3-7H2,1-2H3,(H,20,21,23). The van der Waals surface area contributed by atoms with Gasteiger partial charge in [-0.3, -0.25) is 10.1 Å². The fraction of sp³-hybridized carbons (Fsp3) is 0.444. The van der Waals surface area contributed by atoms with Gasteiger partial charge in [0.15, 0.2) is 15.4 Å². The van der Waals surface area contributed by atoms with Crippen molar-refractivity contribution in [2.45, 2.75) is 32.7 Å². The third-order valence-electron chi connectivity index (χ3n) is 4.72. The molecule has 8 heteroatoms. The van der Waals surface area contributed by atoms with Crippen LogP contribution in [0.15, 0.2) is 21.2 Å². The first-order chi connectivity index (χ1) is 12.5. The monoisotopic (exact) mass is 437 g/mol. The predicted octanol–water partition coefficient (Wildman–Crippen LogP) is 4.48. The highest BCUT2D eigenvalue weighted by Crippen LogP contribution is 2.33. The summed E-state index contributed by atoms with van der Waals surface area (Å²) in [5.41, 5.74) is 3.22. The Morgan fingerprint density at radius 1 is 1.54 bits per heavy atom. The molecule has 1 aliphatic rings. The molecule has 0 saturated heterocycles. The molecule has 6 nitrogen and oxygen atoms in total. The van der Waals surface area contributed by atoms with Gasteiger partial charge in [0.25, 0.3) is 5.91 Å². The van der Waals surface area contributed by atoms with Crippen LogP contribution in [0.25, 0.3) is 11.1 Å². The molecule has 0 saturated carbocycles. The van der Waals surface area contributed by atoms with E-state index in [2.05, 4.69) is 33.2 Å². The van der Waals surface area contributed by atoms with Crippen LogP contribution in [0.1, 0.15) is 34.4 Å². The maximum absolute atomic E-state index is 12.9. The quantitative estimate of drug-likeness (QED) is 0.638. The summed E-state index contributed by atoms with van der Waals surface area (Å²) in [6, 6.07) is 3.63. The number of halogens is 1. The number of nitrogens with one attached hydrogen (secondary N) is 1. The summed E-state index contributed by atoms with van der Waals surface area (Å²) in [5.74, 6) is 0.505. The lowest BCUT2D eigenvalue weighted by Gasteiger charge is -2.15. The van der Waals surface area contributed by atoms with E-state index in [1.54, 1.807) is 24.5 Å². The van der Waals surface area contributed by atoms with E-state index in [9.17, 15) is 4.79 Å². The Labute approximate surface area is 163 Å². The van der Waals surface area contributed by atoms with Crippen LogP contribution < -0.4 is 5.32 Å². The molecule has 4 rings (SSSR count). The number of fused-ring (bicyclic) bond motifs is 2. The summed E-state index contributed by atoms with van der Waals surface area (Å²) in [4.78, 5) is 18.8. The van der Waals surface area contributed by atoms with Gasteiger partial charge in [0.1, 0.15) is 5.69 Å². The van der Waals surface area contributed by atoms with Gasteiger partial charge in [-0.05, 0) is 41.1 Å². The van der Waals surface area contributed by atoms with Gasteiger partial charge in [-0.15, -0.1) is 11.3 Å². The van der Waals surface area contributed by atoms with E-state index in [0.29, 0.717) is 40.1 Å². The first-order valence-electron chi connectivity index (χ1n) is 8.62. The van der Waals surface area contributed by atoms with Gasteiger partial charge < -0.3 is 13.7 Å². The molecule has 3 heterocycles. The maximum atomic E-state index is 12.9. The minimum atomic E-state index is -0.178. The normalized spacial score (nSPS) is 16.8. The fourth-order valence-electron chi connectivity index (χ4n) is 3.38. The zero-order chi connectivity index (χ0) is 18.3. The van der Waals surface area contributed by atoms with Gasteiger partial charge in [0, 0.05) is 30.7 Å². The van der Waals surface area contributed by atoms with Crippen LogP contribution in [0.3, 0.4) is 0 Å². The van der Waals surface area contributed by atoms with E-state index in [0.717, 1.165) is 30.5 Å². The number of furan rings is 1. The number of methoxy groups -OCH3 is 1. The number of nitrogens with zero attached hydrogens (tertiary/aromatic N) is 2. The Balaban J connectivity index is 1.60. The first kappa shape index (κ1) is 17.8. The molecular weight excluding hydrogens is 418 g/mol. The van der Waals surface area contributed by atoms with Gasteiger partial charge in [0.2, 0.25) is 0 Å². The second kappa shape index (κ2) is 7.17. The number of aryl methyl sites for hydroxylation is 1. The number of hydrogen-bond donors (Lipinski definition) is 1. The van der Waals surface area contributed by atoms with Crippen LogP contribution in [0.4, 0.5) is 5.13 Å². The second-order valence-electron chi connectivity index (χ2n) is 6.67. The third kappa shape index (κ3) is 3.33. The molecular formula is C18H20BrN3O3S. The number of aromatic nitrogens is 2. The van der Waals surface area contributed by atoms with Crippen molar-refractivity contribution in [3.63, 3.8) is 0 Å². The molecule has 0 bridgehead atoms. The summed E-state index contributed by atoms with van der Waals surface area (Å²) < 4.78 is 13.3. The van der Waals surface area contributed by atoms with E-state index in [1.165, 1.54) is 4.88 Å². The van der Waals surface area contributed by atoms with Gasteiger partial charge in [0.05, 0.1) is 17.8 Å². The third-order valence-corrected chi connectivity index (χ3v) is 6.14. The average molecular weight is 438 g/mol. The number of amides is 1. The summed E-state index contributed by atoms with van der Waals surface area (Å²) in [6.07, 6.45) is 3.21. The zero-order valence-corrected chi connectivity index (χ0v) is 17.1. The van der Waals surface area contributed by atoms with Crippen molar-refractivity contribution in [1.29, 1.82) is 0 Å². The smallest absolute Gasteiger partial charge is 0.274 e. The van der Waals surface area contributed by atoms with E-state index < -0.39 is 0 Å². The zero-order valence-electron chi connectivity index (χ0n) is 14.7. The summed E-state index contributed by atoms with van der Waals surface area (Å²) >= 11 is 4.93. The lowest BCUT2D eigenvalue weighted by Crippen LogP contribution is -2.18. The minimum Gasteiger partial charge on any atom is -0.448 e. The molecule has 1 N–H and O–H groups in total. The van der Waals surface area contributed by atoms with E-state index >= 15 is 0 Å². The molecule has 3 aromatic rings. The molecule has 0 spiro atoms. The lowest BCUT2D eigenvalue weighted by atomic mass is 9.93. The SMILES string of the molecule is COCCn1c(C(=O)Nc2nc3c(s2)CC(C)CC3)cc2oc(Br)cc21.